The van der Waals surface area contributed by atoms with Gasteiger partial charge in [-0.1, -0.05) is 26.0 Å². The number of epoxide rings is 1. The Balaban J connectivity index is 1.81. The lowest BCUT2D eigenvalue weighted by atomic mass is 9.52. The maximum absolute atomic E-state index is 6.05. The molecule has 4 atom stereocenters. The number of hydrogen-bond acceptors (Lipinski definition) is 1. The van der Waals surface area contributed by atoms with Crippen LogP contribution >= 0.6 is 0 Å². The van der Waals surface area contributed by atoms with Crippen LogP contribution in [0.3, 0.4) is 0 Å². The molecule has 96 valence electrons. The highest BCUT2D eigenvalue weighted by molar-refractivity contribution is 5.19. The minimum absolute atomic E-state index is 0.143. The molecular weight excluding hydrogens is 208 g/mol. The van der Waals surface area contributed by atoms with Crippen molar-refractivity contribution in [3.05, 3.63) is 12.2 Å². The Hall–Kier alpha value is -0.300. The Morgan fingerprint density at radius 1 is 1.12 bits per heavy atom. The van der Waals surface area contributed by atoms with Crippen molar-refractivity contribution < 1.29 is 4.74 Å². The van der Waals surface area contributed by atoms with Gasteiger partial charge in [-0.2, -0.15) is 0 Å². The first-order valence-electron chi connectivity index (χ1n) is 7.15. The average Bonchev–Trinajstić information content (AvgIpc) is 2.74. The lowest BCUT2D eigenvalue weighted by Crippen LogP contribution is -2.44. The highest BCUT2D eigenvalue weighted by Crippen LogP contribution is 2.62. The molecule has 2 saturated carbocycles. The van der Waals surface area contributed by atoms with Gasteiger partial charge < -0.3 is 4.74 Å². The van der Waals surface area contributed by atoms with Crippen molar-refractivity contribution in [1.29, 1.82) is 0 Å². The molecule has 0 aromatic carbocycles. The Morgan fingerprint density at radius 3 is 2.41 bits per heavy atom. The molecule has 1 nitrogen and oxygen atoms in total. The molecule has 0 unspecified atom stereocenters. The van der Waals surface area contributed by atoms with Crippen molar-refractivity contribution in [1.82, 2.24) is 0 Å². The summed E-state index contributed by atoms with van der Waals surface area (Å²) in [5.41, 5.74) is 2.33. The van der Waals surface area contributed by atoms with Crippen molar-refractivity contribution in [2.24, 2.45) is 17.3 Å². The van der Waals surface area contributed by atoms with Crippen LogP contribution < -0.4 is 0 Å². The fraction of sp³-hybridized carbons (Fsp3) is 0.875. The number of hydrogen-bond donors (Lipinski definition) is 0. The van der Waals surface area contributed by atoms with Gasteiger partial charge in [0.15, 0.2) is 0 Å². The second-order valence-electron chi connectivity index (χ2n) is 7.67. The smallest absolute Gasteiger partial charge is 0.0952 e. The average molecular weight is 234 g/mol. The zero-order valence-electron chi connectivity index (χ0n) is 11.8. The molecule has 0 spiro atoms. The third-order valence-electron chi connectivity index (χ3n) is 6.14. The minimum atomic E-state index is 0.143. The summed E-state index contributed by atoms with van der Waals surface area (Å²) in [6.45, 7) is 13.8. The van der Waals surface area contributed by atoms with Crippen LogP contribution in [0.25, 0.3) is 0 Å². The zero-order chi connectivity index (χ0) is 12.5. The molecule has 3 fully saturated rings. The predicted octanol–water partition coefficient (Wildman–Crippen LogP) is 4.33. The Kier molecular flexibility index (Phi) is 2.20. The second-order valence-corrected chi connectivity index (χ2v) is 7.67. The van der Waals surface area contributed by atoms with Crippen molar-refractivity contribution in [3.63, 3.8) is 0 Å². The van der Waals surface area contributed by atoms with Gasteiger partial charge in [0, 0.05) is 0 Å². The molecule has 0 bridgehead atoms. The minimum Gasteiger partial charge on any atom is -0.363 e. The standard InChI is InChI=1S/C16H26O/c1-11-6-8-15(4)16(5,17-15)9-7-13-12(11)10-14(13,2)3/h12-13H,1,6-10H2,2-5H3/t12-,13-,15-,16-/m1/s1. The topological polar surface area (TPSA) is 12.5 Å². The molecule has 0 radical (unpaired) electrons. The van der Waals surface area contributed by atoms with Crippen LogP contribution in [-0.2, 0) is 4.74 Å². The molecule has 17 heavy (non-hydrogen) atoms. The summed E-state index contributed by atoms with van der Waals surface area (Å²) in [5.74, 6) is 1.65. The van der Waals surface area contributed by atoms with Crippen LogP contribution in [-0.4, -0.2) is 11.2 Å². The molecule has 0 N–H and O–H groups in total. The lowest BCUT2D eigenvalue weighted by Gasteiger charge is -2.53. The molecule has 1 aliphatic heterocycles. The first-order valence-corrected chi connectivity index (χ1v) is 7.15. The normalized spacial score (nSPS) is 52.4. The van der Waals surface area contributed by atoms with E-state index in [-0.39, 0.29) is 11.2 Å². The Morgan fingerprint density at radius 2 is 1.76 bits per heavy atom. The van der Waals surface area contributed by atoms with E-state index in [9.17, 15) is 0 Å². The first kappa shape index (κ1) is 11.8. The summed E-state index contributed by atoms with van der Waals surface area (Å²) in [6, 6.07) is 0. The predicted molar refractivity (Wildman–Crippen MR) is 70.9 cm³/mol. The van der Waals surface area contributed by atoms with E-state index in [0.717, 1.165) is 11.8 Å². The Labute approximate surface area is 106 Å². The van der Waals surface area contributed by atoms with Crippen molar-refractivity contribution in [2.45, 2.75) is 71.0 Å². The van der Waals surface area contributed by atoms with Gasteiger partial charge in [-0.05, 0) is 63.2 Å². The van der Waals surface area contributed by atoms with E-state index in [1.54, 1.807) is 0 Å². The maximum Gasteiger partial charge on any atom is 0.0952 e. The summed E-state index contributed by atoms with van der Waals surface area (Å²) in [7, 11) is 0. The summed E-state index contributed by atoms with van der Waals surface area (Å²) in [4.78, 5) is 0. The van der Waals surface area contributed by atoms with E-state index >= 15 is 0 Å². The highest BCUT2D eigenvalue weighted by Gasteiger charge is 2.63. The molecule has 1 saturated heterocycles. The maximum atomic E-state index is 6.05. The number of fused-ring (bicyclic) bond motifs is 2. The van der Waals surface area contributed by atoms with Gasteiger partial charge in [0.1, 0.15) is 0 Å². The number of allylic oxidation sites excluding steroid dienone is 1. The fourth-order valence-electron chi connectivity index (χ4n) is 4.38. The van der Waals surface area contributed by atoms with E-state index in [1.165, 1.54) is 37.7 Å². The van der Waals surface area contributed by atoms with Crippen LogP contribution in [0, 0.1) is 17.3 Å². The number of rotatable bonds is 0. The van der Waals surface area contributed by atoms with Crippen LogP contribution in [0.1, 0.15) is 59.8 Å². The summed E-state index contributed by atoms with van der Waals surface area (Å²) in [5, 5.41) is 0. The van der Waals surface area contributed by atoms with E-state index in [2.05, 4.69) is 34.3 Å². The summed E-state index contributed by atoms with van der Waals surface area (Å²) < 4.78 is 6.05. The van der Waals surface area contributed by atoms with E-state index in [0.29, 0.717) is 5.41 Å². The first-order chi connectivity index (χ1) is 7.78. The van der Waals surface area contributed by atoms with Crippen LogP contribution in [0.15, 0.2) is 12.2 Å². The van der Waals surface area contributed by atoms with E-state index in [1.807, 2.05) is 0 Å². The van der Waals surface area contributed by atoms with Gasteiger partial charge in [-0.3, -0.25) is 0 Å². The van der Waals surface area contributed by atoms with Gasteiger partial charge in [0.05, 0.1) is 11.2 Å². The van der Waals surface area contributed by atoms with Gasteiger partial charge in [-0.15, -0.1) is 0 Å². The SMILES string of the molecule is C=C1CC[C@@]2(C)O[C@]2(C)CC[C@@H]2[C@@H]1CC2(C)C. The zero-order valence-corrected chi connectivity index (χ0v) is 11.8. The van der Waals surface area contributed by atoms with Gasteiger partial charge in [0.2, 0.25) is 0 Å². The summed E-state index contributed by atoms with van der Waals surface area (Å²) >= 11 is 0. The van der Waals surface area contributed by atoms with Crippen LogP contribution in [0.5, 0.6) is 0 Å². The fourth-order valence-corrected chi connectivity index (χ4v) is 4.38. The van der Waals surface area contributed by atoms with E-state index < -0.39 is 0 Å². The molecule has 3 aliphatic rings. The third-order valence-corrected chi connectivity index (χ3v) is 6.14. The monoisotopic (exact) mass is 234 g/mol. The van der Waals surface area contributed by atoms with Crippen molar-refractivity contribution in [2.75, 3.05) is 0 Å². The Bertz CT molecular complexity index is 370. The quantitative estimate of drug-likeness (QED) is 0.449. The highest BCUT2D eigenvalue weighted by atomic mass is 16.6. The van der Waals surface area contributed by atoms with Crippen LogP contribution in [0.4, 0.5) is 0 Å². The molecule has 0 amide bonds. The lowest BCUT2D eigenvalue weighted by molar-refractivity contribution is -0.00222. The van der Waals surface area contributed by atoms with Gasteiger partial charge in [0.25, 0.3) is 0 Å². The van der Waals surface area contributed by atoms with Crippen LogP contribution in [0.2, 0.25) is 0 Å². The summed E-state index contributed by atoms with van der Waals surface area (Å²) in [6.07, 6.45) is 6.25. The molecular formula is C16H26O. The van der Waals surface area contributed by atoms with E-state index in [4.69, 9.17) is 4.74 Å². The molecule has 0 aromatic rings. The molecule has 1 heteroatoms. The molecule has 2 aliphatic carbocycles. The largest absolute Gasteiger partial charge is 0.363 e. The van der Waals surface area contributed by atoms with Gasteiger partial charge >= 0.3 is 0 Å². The second kappa shape index (κ2) is 3.17. The third kappa shape index (κ3) is 1.54. The molecule has 3 rings (SSSR count). The van der Waals surface area contributed by atoms with Gasteiger partial charge in [-0.25, -0.2) is 0 Å². The number of ether oxygens (including phenoxy) is 1. The van der Waals surface area contributed by atoms with Crippen molar-refractivity contribution in [3.8, 4) is 0 Å². The molecule has 1 heterocycles. The molecule has 0 aromatic heterocycles. The van der Waals surface area contributed by atoms with Crippen molar-refractivity contribution >= 4 is 0 Å².